The summed E-state index contributed by atoms with van der Waals surface area (Å²) in [5.41, 5.74) is 0. The molecular weight excluding hydrogens is 168 g/mol. The van der Waals surface area contributed by atoms with Crippen LogP contribution in [0.4, 0.5) is 0 Å². The average Bonchev–Trinajstić information content (AvgIpc) is 2.00. The summed E-state index contributed by atoms with van der Waals surface area (Å²) in [4.78, 5) is 0. The molecule has 1 rings (SSSR count). The van der Waals surface area contributed by atoms with Gasteiger partial charge < -0.3 is 0 Å². The van der Waals surface area contributed by atoms with Crippen LogP contribution in [-0.4, -0.2) is 0 Å². The van der Waals surface area contributed by atoms with Crippen LogP contribution < -0.4 is 0 Å². The summed E-state index contributed by atoms with van der Waals surface area (Å²) >= 11 is 0. The fraction of sp³-hybridized carbons (Fsp3) is 0.929. The topological polar surface area (TPSA) is 0 Å². The molecule has 14 heavy (non-hydrogen) atoms. The minimum atomic E-state index is 0.864. The lowest BCUT2D eigenvalue weighted by atomic mass is 9.79. The van der Waals surface area contributed by atoms with E-state index < -0.39 is 0 Å². The predicted octanol–water partition coefficient (Wildman–Crippen LogP) is 4.99. The van der Waals surface area contributed by atoms with Crippen molar-refractivity contribution in [2.24, 2.45) is 11.8 Å². The number of hydrogen-bond donors (Lipinski definition) is 0. The van der Waals surface area contributed by atoms with Crippen molar-refractivity contribution in [1.29, 1.82) is 0 Å². The lowest BCUT2D eigenvalue weighted by molar-refractivity contribution is 0.389. The van der Waals surface area contributed by atoms with Gasteiger partial charge in [0.2, 0.25) is 0 Å². The Balaban J connectivity index is 2.31. The molecule has 0 saturated heterocycles. The summed E-state index contributed by atoms with van der Waals surface area (Å²) in [5, 5.41) is 0. The Hall–Kier alpha value is 0. The lowest BCUT2D eigenvalue weighted by Gasteiger charge is -2.26. The molecule has 0 spiro atoms. The summed E-state index contributed by atoms with van der Waals surface area (Å²) < 4.78 is 0. The SMILES string of the molecule is CC(C)CC(C)[C]1CCCCCCC1. The van der Waals surface area contributed by atoms with Crippen molar-refractivity contribution < 1.29 is 0 Å². The summed E-state index contributed by atoms with van der Waals surface area (Å²) in [6.45, 7) is 7.14. The maximum absolute atomic E-state index is 2.44. The molecule has 1 radical (unpaired) electrons. The first-order valence-electron chi connectivity index (χ1n) is 6.54. The van der Waals surface area contributed by atoms with E-state index in [0.29, 0.717) is 0 Å². The summed E-state index contributed by atoms with van der Waals surface area (Å²) in [6.07, 6.45) is 11.6. The van der Waals surface area contributed by atoms with E-state index in [1.165, 1.54) is 51.4 Å². The molecule has 1 aliphatic rings. The molecule has 0 aliphatic heterocycles. The van der Waals surface area contributed by atoms with Crippen LogP contribution in [0.1, 0.15) is 72.1 Å². The summed E-state index contributed by atoms with van der Waals surface area (Å²) in [5.74, 6) is 3.62. The summed E-state index contributed by atoms with van der Waals surface area (Å²) in [6, 6.07) is 0. The van der Waals surface area contributed by atoms with Crippen molar-refractivity contribution in [2.45, 2.75) is 72.1 Å². The maximum atomic E-state index is 2.44. The molecule has 0 nitrogen and oxygen atoms in total. The largest absolute Gasteiger partial charge is 0.0628 e. The van der Waals surface area contributed by atoms with Crippen LogP contribution in [0.25, 0.3) is 0 Å². The van der Waals surface area contributed by atoms with Gasteiger partial charge >= 0.3 is 0 Å². The number of hydrogen-bond acceptors (Lipinski definition) is 0. The van der Waals surface area contributed by atoms with E-state index in [9.17, 15) is 0 Å². The first-order chi connectivity index (χ1) is 6.70. The molecule has 83 valence electrons. The van der Waals surface area contributed by atoms with Gasteiger partial charge in [0.25, 0.3) is 0 Å². The van der Waals surface area contributed by atoms with Crippen molar-refractivity contribution in [3.05, 3.63) is 5.92 Å². The van der Waals surface area contributed by atoms with Gasteiger partial charge in [-0.15, -0.1) is 0 Å². The molecule has 0 heteroatoms. The van der Waals surface area contributed by atoms with Gasteiger partial charge in [-0.25, -0.2) is 0 Å². The molecule has 0 heterocycles. The van der Waals surface area contributed by atoms with Crippen molar-refractivity contribution in [1.82, 2.24) is 0 Å². The average molecular weight is 195 g/mol. The highest BCUT2D eigenvalue weighted by Crippen LogP contribution is 2.33. The molecule has 1 atom stereocenters. The van der Waals surface area contributed by atoms with Gasteiger partial charge in [0.1, 0.15) is 0 Å². The third-order valence-electron chi connectivity index (χ3n) is 3.52. The van der Waals surface area contributed by atoms with Gasteiger partial charge in [-0.1, -0.05) is 52.9 Å². The highest BCUT2D eigenvalue weighted by molar-refractivity contribution is 4.95. The Morgan fingerprint density at radius 1 is 0.857 bits per heavy atom. The molecular formula is C14H27. The zero-order chi connectivity index (χ0) is 10.4. The Labute approximate surface area is 90.5 Å². The molecule has 0 bridgehead atoms. The van der Waals surface area contributed by atoms with Crippen LogP contribution in [0.15, 0.2) is 0 Å². The first kappa shape index (κ1) is 12.1. The second-order valence-corrected chi connectivity index (χ2v) is 5.46. The Morgan fingerprint density at radius 2 is 1.36 bits per heavy atom. The Morgan fingerprint density at radius 3 is 1.86 bits per heavy atom. The minimum Gasteiger partial charge on any atom is -0.0628 e. The molecule has 0 amide bonds. The van der Waals surface area contributed by atoms with Crippen molar-refractivity contribution >= 4 is 0 Å². The van der Waals surface area contributed by atoms with E-state index in [1.807, 2.05) is 5.92 Å². The molecule has 0 N–H and O–H groups in total. The van der Waals surface area contributed by atoms with Crippen LogP contribution in [-0.2, 0) is 0 Å². The highest BCUT2D eigenvalue weighted by Gasteiger charge is 2.19. The second kappa shape index (κ2) is 6.48. The van der Waals surface area contributed by atoms with Gasteiger partial charge in [0.15, 0.2) is 0 Å². The molecule has 1 aliphatic carbocycles. The second-order valence-electron chi connectivity index (χ2n) is 5.46. The maximum Gasteiger partial charge on any atom is -0.0213 e. The standard InChI is InChI=1S/C14H27/c1-12(2)11-13(3)14-9-7-5-4-6-8-10-14/h12-13H,4-11H2,1-3H3. The van der Waals surface area contributed by atoms with Crippen LogP contribution in [0.2, 0.25) is 0 Å². The van der Waals surface area contributed by atoms with E-state index in [0.717, 1.165) is 11.8 Å². The molecule has 1 unspecified atom stereocenters. The van der Waals surface area contributed by atoms with Crippen LogP contribution in [0.5, 0.6) is 0 Å². The third-order valence-corrected chi connectivity index (χ3v) is 3.52. The third kappa shape index (κ3) is 4.48. The normalized spacial score (nSPS) is 23.1. The number of rotatable bonds is 3. The molecule has 0 aromatic carbocycles. The quantitative estimate of drug-likeness (QED) is 0.595. The Kier molecular flexibility index (Phi) is 5.59. The highest BCUT2D eigenvalue weighted by atomic mass is 14.2. The molecule has 1 fully saturated rings. The monoisotopic (exact) mass is 195 g/mol. The minimum absolute atomic E-state index is 0.864. The van der Waals surface area contributed by atoms with Gasteiger partial charge in [-0.2, -0.15) is 0 Å². The van der Waals surface area contributed by atoms with E-state index in [-0.39, 0.29) is 0 Å². The van der Waals surface area contributed by atoms with E-state index in [4.69, 9.17) is 0 Å². The predicted molar refractivity (Wildman–Crippen MR) is 64.2 cm³/mol. The molecule has 1 saturated carbocycles. The van der Waals surface area contributed by atoms with Crippen LogP contribution in [0, 0.1) is 17.8 Å². The Bertz CT molecular complexity index is 129. The van der Waals surface area contributed by atoms with E-state index >= 15 is 0 Å². The van der Waals surface area contributed by atoms with Gasteiger partial charge in [0.05, 0.1) is 0 Å². The van der Waals surface area contributed by atoms with Crippen molar-refractivity contribution in [2.75, 3.05) is 0 Å². The molecule has 0 aromatic heterocycles. The van der Waals surface area contributed by atoms with Crippen LogP contribution >= 0.6 is 0 Å². The van der Waals surface area contributed by atoms with E-state index in [1.54, 1.807) is 0 Å². The van der Waals surface area contributed by atoms with Gasteiger partial charge in [-0.05, 0) is 37.0 Å². The summed E-state index contributed by atoms with van der Waals surface area (Å²) in [7, 11) is 0. The fourth-order valence-electron chi connectivity index (χ4n) is 2.73. The zero-order valence-corrected chi connectivity index (χ0v) is 10.3. The fourth-order valence-corrected chi connectivity index (χ4v) is 2.73. The first-order valence-corrected chi connectivity index (χ1v) is 6.54. The lowest BCUT2D eigenvalue weighted by Crippen LogP contribution is -2.13. The molecule has 0 aromatic rings. The van der Waals surface area contributed by atoms with Gasteiger partial charge in [-0.3, -0.25) is 0 Å². The van der Waals surface area contributed by atoms with Crippen molar-refractivity contribution in [3.8, 4) is 0 Å². The van der Waals surface area contributed by atoms with E-state index in [2.05, 4.69) is 20.8 Å². The van der Waals surface area contributed by atoms with Gasteiger partial charge in [0, 0.05) is 0 Å². The van der Waals surface area contributed by atoms with Crippen molar-refractivity contribution in [3.63, 3.8) is 0 Å². The van der Waals surface area contributed by atoms with Crippen LogP contribution in [0.3, 0.4) is 0 Å². The smallest absolute Gasteiger partial charge is 0.0213 e. The zero-order valence-electron chi connectivity index (χ0n) is 10.3.